The van der Waals surface area contributed by atoms with Crippen molar-refractivity contribution in [2.24, 2.45) is 5.73 Å². The summed E-state index contributed by atoms with van der Waals surface area (Å²) in [6.45, 7) is 3.42. The van der Waals surface area contributed by atoms with Gasteiger partial charge in [-0.3, -0.25) is 4.79 Å². The van der Waals surface area contributed by atoms with Gasteiger partial charge in [0.1, 0.15) is 5.75 Å². The van der Waals surface area contributed by atoms with E-state index >= 15 is 0 Å². The molecular weight excluding hydrogens is 228 g/mol. The topological polar surface area (TPSA) is 64.3 Å². The SMILES string of the molecule is COc1ccccc1C1(NC(=O)C(C)(C)N)CC1. The summed E-state index contributed by atoms with van der Waals surface area (Å²) in [5.74, 6) is 0.677. The van der Waals surface area contributed by atoms with E-state index < -0.39 is 5.54 Å². The lowest BCUT2D eigenvalue weighted by atomic mass is 10.0. The number of para-hydroxylation sites is 1. The number of carbonyl (C=O) groups excluding carboxylic acids is 1. The molecule has 0 atom stereocenters. The Morgan fingerprint density at radius 2 is 2.00 bits per heavy atom. The van der Waals surface area contributed by atoms with Crippen LogP contribution in [0.1, 0.15) is 32.3 Å². The highest BCUT2D eigenvalue weighted by atomic mass is 16.5. The van der Waals surface area contributed by atoms with Crippen molar-refractivity contribution < 1.29 is 9.53 Å². The predicted molar refractivity (Wildman–Crippen MR) is 70.3 cm³/mol. The molecule has 1 fully saturated rings. The Morgan fingerprint density at radius 3 is 2.50 bits per heavy atom. The van der Waals surface area contributed by atoms with Crippen LogP contribution in [0.25, 0.3) is 0 Å². The summed E-state index contributed by atoms with van der Waals surface area (Å²) in [7, 11) is 1.64. The molecule has 1 amide bonds. The van der Waals surface area contributed by atoms with Gasteiger partial charge in [0, 0.05) is 5.56 Å². The lowest BCUT2D eigenvalue weighted by Crippen LogP contribution is -2.52. The summed E-state index contributed by atoms with van der Waals surface area (Å²) in [6, 6.07) is 7.79. The van der Waals surface area contributed by atoms with Gasteiger partial charge in [0.15, 0.2) is 0 Å². The Hall–Kier alpha value is -1.55. The van der Waals surface area contributed by atoms with Gasteiger partial charge < -0.3 is 15.8 Å². The van der Waals surface area contributed by atoms with E-state index in [-0.39, 0.29) is 11.4 Å². The van der Waals surface area contributed by atoms with Gasteiger partial charge >= 0.3 is 0 Å². The minimum atomic E-state index is -0.863. The zero-order chi connectivity index (χ0) is 13.4. The molecule has 0 radical (unpaired) electrons. The van der Waals surface area contributed by atoms with E-state index in [1.165, 1.54) is 0 Å². The van der Waals surface area contributed by atoms with Crippen LogP contribution < -0.4 is 15.8 Å². The van der Waals surface area contributed by atoms with Gasteiger partial charge in [-0.1, -0.05) is 18.2 Å². The van der Waals surface area contributed by atoms with Crippen molar-refractivity contribution in [3.63, 3.8) is 0 Å². The summed E-state index contributed by atoms with van der Waals surface area (Å²) in [4.78, 5) is 12.0. The molecule has 0 bridgehead atoms. The number of methoxy groups -OCH3 is 1. The monoisotopic (exact) mass is 248 g/mol. The minimum Gasteiger partial charge on any atom is -0.496 e. The maximum atomic E-state index is 12.0. The third kappa shape index (κ3) is 2.34. The van der Waals surface area contributed by atoms with Crippen LogP contribution >= 0.6 is 0 Å². The molecule has 1 aliphatic carbocycles. The first-order valence-corrected chi connectivity index (χ1v) is 6.14. The van der Waals surface area contributed by atoms with Crippen LogP contribution in [0.4, 0.5) is 0 Å². The van der Waals surface area contributed by atoms with Crippen LogP contribution in [0.2, 0.25) is 0 Å². The second-order valence-corrected chi connectivity index (χ2v) is 5.46. The maximum absolute atomic E-state index is 12.0. The summed E-state index contributed by atoms with van der Waals surface area (Å²) >= 11 is 0. The van der Waals surface area contributed by atoms with Crippen LogP contribution in [-0.4, -0.2) is 18.6 Å². The van der Waals surface area contributed by atoms with Crippen molar-refractivity contribution >= 4 is 5.91 Å². The van der Waals surface area contributed by atoms with Crippen molar-refractivity contribution in [3.8, 4) is 5.75 Å². The Bertz CT molecular complexity index is 459. The number of ether oxygens (including phenoxy) is 1. The van der Waals surface area contributed by atoms with Crippen LogP contribution in [-0.2, 0) is 10.3 Å². The van der Waals surface area contributed by atoms with Gasteiger partial charge in [-0.15, -0.1) is 0 Å². The molecule has 1 aromatic rings. The second kappa shape index (κ2) is 4.28. The van der Waals surface area contributed by atoms with Gasteiger partial charge in [-0.25, -0.2) is 0 Å². The molecule has 1 aromatic carbocycles. The molecule has 0 spiro atoms. The predicted octanol–water partition coefficient (Wildman–Crippen LogP) is 1.54. The molecule has 0 aromatic heterocycles. The van der Waals surface area contributed by atoms with E-state index in [1.54, 1.807) is 21.0 Å². The standard InChI is InChI=1S/C14H20N2O2/c1-13(2,15)12(17)16-14(8-9-14)10-6-4-5-7-11(10)18-3/h4-7H,8-9,15H2,1-3H3,(H,16,17). The number of amides is 1. The quantitative estimate of drug-likeness (QED) is 0.849. The van der Waals surface area contributed by atoms with E-state index in [0.29, 0.717) is 0 Å². The third-order valence-corrected chi connectivity index (χ3v) is 3.31. The molecule has 4 heteroatoms. The Balaban J connectivity index is 2.25. The summed E-state index contributed by atoms with van der Waals surface area (Å²) < 4.78 is 5.36. The van der Waals surface area contributed by atoms with Crippen molar-refractivity contribution in [2.45, 2.75) is 37.8 Å². The first kappa shape index (κ1) is 12.9. The van der Waals surface area contributed by atoms with E-state index in [9.17, 15) is 4.79 Å². The third-order valence-electron chi connectivity index (χ3n) is 3.31. The van der Waals surface area contributed by atoms with E-state index in [4.69, 9.17) is 10.5 Å². The molecule has 3 N–H and O–H groups in total. The maximum Gasteiger partial charge on any atom is 0.240 e. The van der Waals surface area contributed by atoms with Crippen LogP contribution in [0.15, 0.2) is 24.3 Å². The number of benzene rings is 1. The summed E-state index contributed by atoms with van der Waals surface area (Å²) in [5, 5.41) is 3.05. The molecule has 0 unspecified atom stereocenters. The fourth-order valence-electron chi connectivity index (χ4n) is 2.01. The van der Waals surface area contributed by atoms with E-state index in [2.05, 4.69) is 5.32 Å². The molecule has 98 valence electrons. The van der Waals surface area contributed by atoms with Crippen molar-refractivity contribution in [1.29, 1.82) is 0 Å². The molecule has 0 heterocycles. The fourth-order valence-corrected chi connectivity index (χ4v) is 2.01. The van der Waals surface area contributed by atoms with Crippen molar-refractivity contribution in [3.05, 3.63) is 29.8 Å². The first-order chi connectivity index (χ1) is 8.39. The normalized spacial score (nSPS) is 17.1. The number of carbonyl (C=O) groups is 1. The molecule has 1 saturated carbocycles. The smallest absolute Gasteiger partial charge is 0.240 e. The second-order valence-electron chi connectivity index (χ2n) is 5.46. The molecule has 18 heavy (non-hydrogen) atoms. The molecule has 0 saturated heterocycles. The van der Waals surface area contributed by atoms with Crippen molar-refractivity contribution in [2.75, 3.05) is 7.11 Å². The first-order valence-electron chi connectivity index (χ1n) is 6.14. The molecular formula is C14H20N2O2. The molecule has 2 rings (SSSR count). The average molecular weight is 248 g/mol. The van der Waals surface area contributed by atoms with Crippen LogP contribution in [0.3, 0.4) is 0 Å². The van der Waals surface area contributed by atoms with Gasteiger partial charge in [0.25, 0.3) is 0 Å². The van der Waals surface area contributed by atoms with Gasteiger partial charge in [0.05, 0.1) is 18.2 Å². The highest BCUT2D eigenvalue weighted by Crippen LogP contribution is 2.48. The number of hydrogen-bond donors (Lipinski definition) is 2. The van der Waals surface area contributed by atoms with E-state index in [1.807, 2.05) is 24.3 Å². The minimum absolute atomic E-state index is 0.133. The Labute approximate surface area is 108 Å². The Morgan fingerprint density at radius 1 is 1.39 bits per heavy atom. The van der Waals surface area contributed by atoms with Gasteiger partial charge in [0.2, 0.25) is 5.91 Å². The zero-order valence-electron chi connectivity index (χ0n) is 11.1. The Kier molecular flexibility index (Phi) is 3.07. The largest absolute Gasteiger partial charge is 0.496 e. The van der Waals surface area contributed by atoms with Gasteiger partial charge in [-0.2, -0.15) is 0 Å². The number of rotatable bonds is 4. The fraction of sp³-hybridized carbons (Fsp3) is 0.500. The van der Waals surface area contributed by atoms with Gasteiger partial charge in [-0.05, 0) is 32.8 Å². The van der Waals surface area contributed by atoms with Crippen LogP contribution in [0, 0.1) is 0 Å². The highest BCUT2D eigenvalue weighted by molar-refractivity contribution is 5.86. The number of nitrogens with one attached hydrogen (secondary N) is 1. The van der Waals surface area contributed by atoms with E-state index in [0.717, 1.165) is 24.2 Å². The lowest BCUT2D eigenvalue weighted by molar-refractivity contribution is -0.126. The lowest BCUT2D eigenvalue weighted by Gasteiger charge is -2.25. The molecule has 0 aliphatic heterocycles. The number of nitrogens with two attached hydrogens (primary N) is 1. The molecule has 1 aliphatic rings. The zero-order valence-corrected chi connectivity index (χ0v) is 11.1. The van der Waals surface area contributed by atoms with Crippen LogP contribution in [0.5, 0.6) is 5.75 Å². The molecule has 4 nitrogen and oxygen atoms in total. The summed E-state index contributed by atoms with van der Waals surface area (Å²) in [6.07, 6.45) is 1.85. The average Bonchev–Trinajstić information content (AvgIpc) is 3.08. The number of hydrogen-bond acceptors (Lipinski definition) is 3. The summed E-state index contributed by atoms with van der Waals surface area (Å²) in [5.41, 5.74) is 5.70. The van der Waals surface area contributed by atoms with Crippen molar-refractivity contribution in [1.82, 2.24) is 5.32 Å². The highest BCUT2D eigenvalue weighted by Gasteiger charge is 2.48.